The second-order valence-electron chi connectivity index (χ2n) is 3.15. The Kier molecular flexibility index (Phi) is 3.10. The topological polar surface area (TPSA) is 29.5 Å². The third kappa shape index (κ3) is 2.33. The maximum absolute atomic E-state index is 13.4. The highest BCUT2D eigenvalue weighted by Gasteiger charge is 2.08. The lowest BCUT2D eigenvalue weighted by atomic mass is 10.3. The van der Waals surface area contributed by atoms with Gasteiger partial charge >= 0.3 is 0 Å². The number of rotatable bonds is 2. The van der Waals surface area contributed by atoms with E-state index in [0.717, 1.165) is 4.47 Å². The molecule has 82 valence electrons. The third-order valence-electron chi connectivity index (χ3n) is 1.98. The molecule has 2 nitrogen and oxygen atoms in total. The number of phenols is 1. The van der Waals surface area contributed by atoms with Crippen LogP contribution in [0.15, 0.2) is 46.9 Å². The van der Waals surface area contributed by atoms with E-state index in [-0.39, 0.29) is 5.75 Å². The molecular weight excluding hydrogens is 275 g/mol. The van der Waals surface area contributed by atoms with Crippen LogP contribution in [0.1, 0.15) is 0 Å². The van der Waals surface area contributed by atoms with Crippen LogP contribution in [0.3, 0.4) is 0 Å². The molecule has 0 fully saturated rings. The van der Waals surface area contributed by atoms with E-state index in [4.69, 9.17) is 9.84 Å². The number of ether oxygens (including phenoxy) is 1. The molecule has 0 aliphatic heterocycles. The molecule has 0 heterocycles. The molecule has 0 saturated heterocycles. The lowest BCUT2D eigenvalue weighted by Crippen LogP contribution is -1.88. The van der Waals surface area contributed by atoms with Gasteiger partial charge in [-0.2, -0.15) is 4.39 Å². The third-order valence-corrected chi connectivity index (χ3v) is 2.51. The van der Waals surface area contributed by atoms with Crippen molar-refractivity contribution in [1.82, 2.24) is 0 Å². The second-order valence-corrected chi connectivity index (χ2v) is 4.06. The van der Waals surface area contributed by atoms with E-state index >= 15 is 0 Å². The van der Waals surface area contributed by atoms with E-state index in [2.05, 4.69) is 15.9 Å². The predicted molar refractivity (Wildman–Crippen MR) is 62.3 cm³/mol. The van der Waals surface area contributed by atoms with E-state index in [1.807, 2.05) is 0 Å². The molecule has 2 aromatic carbocycles. The highest BCUT2D eigenvalue weighted by atomic mass is 79.9. The van der Waals surface area contributed by atoms with Crippen LogP contribution in [0.4, 0.5) is 4.39 Å². The number of benzene rings is 2. The van der Waals surface area contributed by atoms with Crippen molar-refractivity contribution in [3.05, 3.63) is 52.8 Å². The summed E-state index contributed by atoms with van der Waals surface area (Å²) < 4.78 is 19.6. The summed E-state index contributed by atoms with van der Waals surface area (Å²) in [6, 6.07) is 11.2. The summed E-state index contributed by atoms with van der Waals surface area (Å²) >= 11 is 3.29. The van der Waals surface area contributed by atoms with Crippen molar-refractivity contribution >= 4 is 15.9 Å². The molecular formula is C12H8BrFO2. The largest absolute Gasteiger partial charge is 0.505 e. The molecule has 0 radical (unpaired) electrons. The minimum atomic E-state index is -0.759. The van der Waals surface area contributed by atoms with Gasteiger partial charge in [-0.15, -0.1) is 0 Å². The fourth-order valence-corrected chi connectivity index (χ4v) is 1.47. The van der Waals surface area contributed by atoms with Gasteiger partial charge < -0.3 is 9.84 Å². The number of halogens is 2. The minimum Gasteiger partial charge on any atom is -0.505 e. The molecule has 2 aromatic rings. The lowest BCUT2D eigenvalue weighted by molar-refractivity contribution is 0.395. The molecule has 4 heteroatoms. The molecule has 0 aliphatic carbocycles. The molecule has 0 unspecified atom stereocenters. The first-order valence-corrected chi connectivity index (χ1v) is 5.37. The normalized spacial score (nSPS) is 10.1. The maximum atomic E-state index is 13.4. The first kappa shape index (κ1) is 11.0. The van der Waals surface area contributed by atoms with Gasteiger partial charge in [0.25, 0.3) is 0 Å². The van der Waals surface area contributed by atoms with E-state index in [1.165, 1.54) is 18.2 Å². The summed E-state index contributed by atoms with van der Waals surface area (Å²) in [5.41, 5.74) is 0. The number of aromatic hydroxyl groups is 1. The summed E-state index contributed by atoms with van der Waals surface area (Å²) in [6.07, 6.45) is 0. The Hall–Kier alpha value is -1.55. The van der Waals surface area contributed by atoms with E-state index < -0.39 is 11.6 Å². The number of hydrogen-bond acceptors (Lipinski definition) is 2. The Morgan fingerprint density at radius 1 is 1.06 bits per heavy atom. The maximum Gasteiger partial charge on any atom is 0.207 e. The van der Waals surface area contributed by atoms with E-state index in [0.29, 0.717) is 5.75 Å². The molecule has 0 saturated carbocycles. The zero-order valence-corrected chi connectivity index (χ0v) is 9.74. The zero-order chi connectivity index (χ0) is 11.5. The first-order chi connectivity index (χ1) is 7.66. The summed E-state index contributed by atoms with van der Waals surface area (Å²) in [4.78, 5) is 0. The zero-order valence-electron chi connectivity index (χ0n) is 8.15. The van der Waals surface area contributed by atoms with Crippen molar-refractivity contribution in [2.75, 3.05) is 0 Å². The Labute approximate surface area is 100 Å². The van der Waals surface area contributed by atoms with Gasteiger partial charge in [0.05, 0.1) is 0 Å². The Bertz CT molecular complexity index is 497. The molecule has 1 N–H and O–H groups in total. The van der Waals surface area contributed by atoms with Crippen molar-refractivity contribution in [1.29, 1.82) is 0 Å². The molecule has 0 atom stereocenters. The van der Waals surface area contributed by atoms with Gasteiger partial charge in [-0.3, -0.25) is 0 Å². The predicted octanol–water partition coefficient (Wildman–Crippen LogP) is 4.09. The van der Waals surface area contributed by atoms with Crippen molar-refractivity contribution in [3.8, 4) is 17.2 Å². The minimum absolute atomic E-state index is 0.00215. The Morgan fingerprint density at radius 3 is 2.44 bits per heavy atom. The van der Waals surface area contributed by atoms with Gasteiger partial charge in [0.15, 0.2) is 11.5 Å². The van der Waals surface area contributed by atoms with E-state index in [1.54, 1.807) is 24.3 Å². The molecule has 2 rings (SSSR count). The summed E-state index contributed by atoms with van der Waals surface area (Å²) in [5.74, 6) is -0.671. The fourth-order valence-electron chi connectivity index (χ4n) is 1.21. The summed E-state index contributed by atoms with van der Waals surface area (Å²) in [5, 5.41) is 9.16. The quantitative estimate of drug-likeness (QED) is 0.899. The van der Waals surface area contributed by atoms with Crippen LogP contribution in [0.25, 0.3) is 0 Å². The summed E-state index contributed by atoms with van der Waals surface area (Å²) in [6.45, 7) is 0. The van der Waals surface area contributed by atoms with Gasteiger partial charge in [-0.25, -0.2) is 0 Å². The first-order valence-electron chi connectivity index (χ1n) is 4.58. The van der Waals surface area contributed by atoms with Crippen LogP contribution >= 0.6 is 15.9 Å². The SMILES string of the molecule is Oc1cccc(Oc2ccc(Br)cc2)c1F. The second kappa shape index (κ2) is 4.53. The molecule has 0 bridgehead atoms. The molecule has 0 aliphatic rings. The van der Waals surface area contributed by atoms with Crippen LogP contribution in [-0.4, -0.2) is 5.11 Å². The lowest BCUT2D eigenvalue weighted by Gasteiger charge is -2.07. The molecule has 0 amide bonds. The van der Waals surface area contributed by atoms with Gasteiger partial charge in [0.1, 0.15) is 5.75 Å². The molecule has 0 aromatic heterocycles. The molecule has 16 heavy (non-hydrogen) atoms. The van der Waals surface area contributed by atoms with Crippen molar-refractivity contribution in [3.63, 3.8) is 0 Å². The van der Waals surface area contributed by atoms with Crippen molar-refractivity contribution < 1.29 is 14.2 Å². The van der Waals surface area contributed by atoms with Crippen LogP contribution in [0, 0.1) is 5.82 Å². The Morgan fingerprint density at radius 2 is 1.75 bits per heavy atom. The number of phenolic OH excluding ortho intramolecular Hbond substituents is 1. The van der Waals surface area contributed by atoms with Gasteiger partial charge in [-0.1, -0.05) is 22.0 Å². The van der Waals surface area contributed by atoms with Crippen LogP contribution in [0.5, 0.6) is 17.2 Å². The highest BCUT2D eigenvalue weighted by molar-refractivity contribution is 9.10. The highest BCUT2D eigenvalue weighted by Crippen LogP contribution is 2.29. The van der Waals surface area contributed by atoms with Crippen molar-refractivity contribution in [2.45, 2.75) is 0 Å². The van der Waals surface area contributed by atoms with Gasteiger partial charge in [-0.05, 0) is 36.4 Å². The monoisotopic (exact) mass is 282 g/mol. The average molecular weight is 283 g/mol. The van der Waals surface area contributed by atoms with E-state index in [9.17, 15) is 4.39 Å². The standard InChI is InChI=1S/C12H8BrFO2/c13-8-4-6-9(7-5-8)16-11-3-1-2-10(15)12(11)14/h1-7,15H. The van der Waals surface area contributed by atoms with Gasteiger partial charge in [0.2, 0.25) is 5.82 Å². The van der Waals surface area contributed by atoms with Crippen LogP contribution in [-0.2, 0) is 0 Å². The smallest absolute Gasteiger partial charge is 0.207 e. The number of hydrogen-bond donors (Lipinski definition) is 1. The van der Waals surface area contributed by atoms with Crippen LogP contribution < -0.4 is 4.74 Å². The van der Waals surface area contributed by atoms with Gasteiger partial charge in [0, 0.05) is 4.47 Å². The Balaban J connectivity index is 2.27. The van der Waals surface area contributed by atoms with Crippen LogP contribution in [0.2, 0.25) is 0 Å². The van der Waals surface area contributed by atoms with Crippen molar-refractivity contribution in [2.24, 2.45) is 0 Å². The fraction of sp³-hybridized carbons (Fsp3) is 0. The average Bonchev–Trinajstić information content (AvgIpc) is 2.28. The summed E-state index contributed by atoms with van der Waals surface area (Å²) in [7, 11) is 0. The molecule has 0 spiro atoms.